The van der Waals surface area contributed by atoms with Gasteiger partial charge in [0.1, 0.15) is 0 Å². The SMILES string of the molecule is CC1(CO)CCCC1NC(=O)CCC1CCCC1. The first-order valence-electron chi connectivity index (χ1n) is 7.54. The van der Waals surface area contributed by atoms with Gasteiger partial charge in [-0.25, -0.2) is 0 Å². The maximum Gasteiger partial charge on any atom is 0.220 e. The molecule has 3 nitrogen and oxygen atoms in total. The van der Waals surface area contributed by atoms with Gasteiger partial charge in [0.2, 0.25) is 5.91 Å². The molecule has 0 aliphatic heterocycles. The van der Waals surface area contributed by atoms with Crippen LogP contribution in [-0.2, 0) is 4.79 Å². The number of aliphatic hydroxyl groups is 1. The first-order valence-corrected chi connectivity index (χ1v) is 7.54. The normalized spacial score (nSPS) is 32.9. The molecule has 2 saturated carbocycles. The lowest BCUT2D eigenvalue weighted by Gasteiger charge is -2.30. The van der Waals surface area contributed by atoms with E-state index in [1.165, 1.54) is 25.7 Å². The van der Waals surface area contributed by atoms with E-state index in [0.717, 1.165) is 31.6 Å². The molecule has 0 aromatic carbocycles. The molecule has 0 spiro atoms. The van der Waals surface area contributed by atoms with E-state index in [9.17, 15) is 9.90 Å². The van der Waals surface area contributed by atoms with Crippen LogP contribution >= 0.6 is 0 Å². The molecule has 0 heterocycles. The summed E-state index contributed by atoms with van der Waals surface area (Å²) in [7, 11) is 0. The summed E-state index contributed by atoms with van der Waals surface area (Å²) in [6.45, 7) is 2.27. The van der Waals surface area contributed by atoms with E-state index in [-0.39, 0.29) is 24.0 Å². The van der Waals surface area contributed by atoms with E-state index in [1.54, 1.807) is 0 Å². The Labute approximate surface area is 110 Å². The lowest BCUT2D eigenvalue weighted by atomic mass is 9.85. The topological polar surface area (TPSA) is 49.3 Å². The summed E-state index contributed by atoms with van der Waals surface area (Å²) in [6, 6.07) is 0.179. The number of carbonyl (C=O) groups excluding carboxylic acids is 1. The zero-order chi connectivity index (χ0) is 13.0. The average Bonchev–Trinajstić information content (AvgIpc) is 2.98. The molecule has 0 aromatic rings. The third-order valence-electron chi connectivity index (χ3n) is 5.03. The monoisotopic (exact) mass is 253 g/mol. The minimum atomic E-state index is -0.0942. The standard InChI is InChI=1S/C15H27NO2/c1-15(11-17)10-4-7-13(15)16-14(18)9-8-12-5-2-3-6-12/h12-13,17H,2-11H2,1H3,(H,16,18). The molecule has 0 bridgehead atoms. The van der Waals surface area contributed by atoms with E-state index in [0.29, 0.717) is 6.42 Å². The first-order chi connectivity index (χ1) is 8.64. The summed E-state index contributed by atoms with van der Waals surface area (Å²) in [4.78, 5) is 12.0. The molecule has 1 amide bonds. The fraction of sp³-hybridized carbons (Fsp3) is 0.933. The second-order valence-corrected chi connectivity index (χ2v) is 6.51. The number of amides is 1. The third-order valence-corrected chi connectivity index (χ3v) is 5.03. The predicted molar refractivity (Wildman–Crippen MR) is 72.2 cm³/mol. The number of nitrogens with one attached hydrogen (secondary N) is 1. The molecule has 0 saturated heterocycles. The van der Waals surface area contributed by atoms with Gasteiger partial charge < -0.3 is 10.4 Å². The van der Waals surface area contributed by atoms with Gasteiger partial charge in [0.05, 0.1) is 6.61 Å². The molecule has 3 heteroatoms. The largest absolute Gasteiger partial charge is 0.396 e. The minimum absolute atomic E-state index is 0.0942. The smallest absolute Gasteiger partial charge is 0.220 e. The zero-order valence-electron chi connectivity index (χ0n) is 11.6. The van der Waals surface area contributed by atoms with Crippen molar-refractivity contribution in [3.8, 4) is 0 Å². The molecule has 104 valence electrons. The van der Waals surface area contributed by atoms with Gasteiger partial charge in [-0.1, -0.05) is 39.0 Å². The summed E-state index contributed by atoms with van der Waals surface area (Å²) in [5, 5.41) is 12.6. The number of rotatable bonds is 5. The Kier molecular flexibility index (Phi) is 4.66. The Morgan fingerprint density at radius 1 is 1.28 bits per heavy atom. The Morgan fingerprint density at radius 3 is 2.67 bits per heavy atom. The maximum absolute atomic E-state index is 12.0. The van der Waals surface area contributed by atoms with E-state index in [2.05, 4.69) is 12.2 Å². The highest BCUT2D eigenvalue weighted by atomic mass is 16.3. The molecule has 0 aromatic heterocycles. The van der Waals surface area contributed by atoms with Crippen LogP contribution in [0.5, 0.6) is 0 Å². The summed E-state index contributed by atoms with van der Waals surface area (Å²) in [5.41, 5.74) is -0.0942. The van der Waals surface area contributed by atoms with Crippen molar-refractivity contribution in [3.63, 3.8) is 0 Å². The Hall–Kier alpha value is -0.570. The molecule has 2 aliphatic rings. The van der Waals surface area contributed by atoms with Crippen LogP contribution < -0.4 is 5.32 Å². The fourth-order valence-electron chi connectivity index (χ4n) is 3.57. The molecular weight excluding hydrogens is 226 g/mol. The lowest BCUT2D eigenvalue weighted by molar-refractivity contribution is -0.123. The molecule has 2 unspecified atom stereocenters. The fourth-order valence-corrected chi connectivity index (χ4v) is 3.57. The average molecular weight is 253 g/mol. The zero-order valence-corrected chi connectivity index (χ0v) is 11.6. The van der Waals surface area contributed by atoms with Crippen LogP contribution in [0.3, 0.4) is 0 Å². The molecule has 2 N–H and O–H groups in total. The molecule has 2 atom stereocenters. The maximum atomic E-state index is 12.0. The van der Waals surface area contributed by atoms with Crippen LogP contribution in [0.2, 0.25) is 0 Å². The molecule has 2 fully saturated rings. The van der Waals surface area contributed by atoms with Gasteiger partial charge >= 0.3 is 0 Å². The predicted octanol–water partition coefficient (Wildman–Crippen LogP) is 2.62. The molecule has 18 heavy (non-hydrogen) atoms. The van der Waals surface area contributed by atoms with Crippen molar-refractivity contribution >= 4 is 5.91 Å². The highest BCUT2D eigenvalue weighted by Crippen LogP contribution is 2.37. The van der Waals surface area contributed by atoms with Crippen LogP contribution in [0.25, 0.3) is 0 Å². The second-order valence-electron chi connectivity index (χ2n) is 6.51. The van der Waals surface area contributed by atoms with Gasteiger partial charge in [0.15, 0.2) is 0 Å². The van der Waals surface area contributed by atoms with Crippen molar-refractivity contribution in [1.82, 2.24) is 5.32 Å². The minimum Gasteiger partial charge on any atom is -0.396 e. The lowest BCUT2D eigenvalue weighted by Crippen LogP contribution is -2.44. The summed E-state index contributed by atoms with van der Waals surface area (Å²) in [5.74, 6) is 0.969. The van der Waals surface area contributed by atoms with Gasteiger partial charge in [0, 0.05) is 17.9 Å². The number of carbonyl (C=O) groups is 1. The number of hydrogen-bond acceptors (Lipinski definition) is 2. The van der Waals surface area contributed by atoms with Gasteiger partial charge in [-0.15, -0.1) is 0 Å². The van der Waals surface area contributed by atoms with E-state index < -0.39 is 0 Å². The Bertz CT molecular complexity index is 286. The number of hydrogen-bond donors (Lipinski definition) is 2. The van der Waals surface area contributed by atoms with Crippen molar-refractivity contribution in [1.29, 1.82) is 0 Å². The van der Waals surface area contributed by atoms with Crippen molar-refractivity contribution < 1.29 is 9.90 Å². The van der Waals surface area contributed by atoms with Crippen LogP contribution in [0.1, 0.15) is 64.7 Å². The van der Waals surface area contributed by atoms with Crippen molar-refractivity contribution in [2.24, 2.45) is 11.3 Å². The van der Waals surface area contributed by atoms with Gasteiger partial charge in [-0.05, 0) is 25.2 Å². The van der Waals surface area contributed by atoms with Crippen molar-refractivity contribution in [2.45, 2.75) is 70.8 Å². The molecule has 2 rings (SSSR count). The van der Waals surface area contributed by atoms with Gasteiger partial charge in [-0.3, -0.25) is 4.79 Å². The molecular formula is C15H27NO2. The van der Waals surface area contributed by atoms with Gasteiger partial charge in [-0.2, -0.15) is 0 Å². The highest BCUT2D eigenvalue weighted by Gasteiger charge is 2.38. The Morgan fingerprint density at radius 2 is 2.00 bits per heavy atom. The van der Waals surface area contributed by atoms with E-state index in [1.807, 2.05) is 0 Å². The quantitative estimate of drug-likeness (QED) is 0.791. The van der Waals surface area contributed by atoms with Crippen LogP contribution in [-0.4, -0.2) is 23.7 Å². The van der Waals surface area contributed by atoms with Crippen molar-refractivity contribution in [2.75, 3.05) is 6.61 Å². The first kappa shape index (κ1) is 13.9. The van der Waals surface area contributed by atoms with E-state index >= 15 is 0 Å². The number of aliphatic hydroxyl groups excluding tert-OH is 1. The second kappa shape index (κ2) is 6.05. The van der Waals surface area contributed by atoms with Crippen molar-refractivity contribution in [3.05, 3.63) is 0 Å². The highest BCUT2D eigenvalue weighted by molar-refractivity contribution is 5.76. The van der Waals surface area contributed by atoms with Gasteiger partial charge in [0.25, 0.3) is 0 Å². The summed E-state index contributed by atoms with van der Waals surface area (Å²) >= 11 is 0. The Balaban J connectivity index is 1.73. The molecule has 0 radical (unpaired) electrons. The third kappa shape index (κ3) is 3.25. The summed E-state index contributed by atoms with van der Waals surface area (Å²) < 4.78 is 0. The van der Waals surface area contributed by atoms with Crippen LogP contribution in [0.4, 0.5) is 0 Å². The van der Waals surface area contributed by atoms with Crippen LogP contribution in [0.15, 0.2) is 0 Å². The van der Waals surface area contributed by atoms with Crippen LogP contribution in [0, 0.1) is 11.3 Å². The van der Waals surface area contributed by atoms with E-state index in [4.69, 9.17) is 0 Å². The molecule has 2 aliphatic carbocycles. The summed E-state index contributed by atoms with van der Waals surface area (Å²) in [6.07, 6.45) is 10.2.